The summed E-state index contributed by atoms with van der Waals surface area (Å²) in [6.07, 6.45) is 4.27. The summed E-state index contributed by atoms with van der Waals surface area (Å²) < 4.78 is 0. The van der Waals surface area contributed by atoms with E-state index in [-0.39, 0.29) is 23.1 Å². The topological polar surface area (TPSA) is 104 Å². The first kappa shape index (κ1) is 21.6. The fourth-order valence-electron chi connectivity index (χ4n) is 3.86. The second kappa shape index (κ2) is 9.23. The molecule has 0 unspecified atom stereocenters. The molecule has 0 radical (unpaired) electrons. The lowest BCUT2D eigenvalue weighted by Crippen LogP contribution is -2.21. The minimum Gasteiger partial charge on any atom is -0.355 e. The van der Waals surface area contributed by atoms with Gasteiger partial charge in [-0.15, -0.1) is 23.1 Å². The average molecular weight is 457 g/mol. The van der Waals surface area contributed by atoms with Gasteiger partial charge in [0.2, 0.25) is 5.91 Å². The van der Waals surface area contributed by atoms with Crippen molar-refractivity contribution in [2.24, 2.45) is 0 Å². The minimum absolute atomic E-state index is 0.0777. The number of carbonyl (C=O) groups excluding carboxylic acids is 2. The number of aryl methyl sites for hydroxylation is 2. The van der Waals surface area contributed by atoms with Gasteiger partial charge in [0, 0.05) is 23.2 Å². The number of nitrogens with zero attached hydrogens (tertiary/aromatic N) is 1. The summed E-state index contributed by atoms with van der Waals surface area (Å²) in [6, 6.07) is 5.24. The molecule has 1 aliphatic rings. The van der Waals surface area contributed by atoms with Gasteiger partial charge in [-0.3, -0.25) is 14.4 Å². The molecule has 0 aliphatic heterocycles. The maximum Gasteiger partial charge on any atom is 0.259 e. The molecule has 3 aromatic rings. The number of hydrogen-bond donors (Lipinski definition) is 3. The second-order valence-electron chi connectivity index (χ2n) is 7.50. The van der Waals surface area contributed by atoms with Gasteiger partial charge in [0.05, 0.1) is 16.9 Å². The van der Waals surface area contributed by atoms with Crippen LogP contribution in [0.4, 0.5) is 5.69 Å². The lowest BCUT2D eigenvalue weighted by molar-refractivity contribution is -0.113. The number of benzene rings is 1. The number of thiophene rings is 1. The number of aromatic amines is 1. The van der Waals surface area contributed by atoms with Crippen LogP contribution >= 0.6 is 23.1 Å². The van der Waals surface area contributed by atoms with E-state index >= 15 is 0 Å². The maximum absolute atomic E-state index is 12.6. The smallest absolute Gasteiger partial charge is 0.259 e. The summed E-state index contributed by atoms with van der Waals surface area (Å²) in [5.41, 5.74) is 2.96. The summed E-state index contributed by atoms with van der Waals surface area (Å²) in [4.78, 5) is 46.6. The molecular formula is C22H24N4O3S2. The Bertz CT molecular complexity index is 1220. The number of carbonyl (C=O) groups is 2. The molecule has 4 rings (SSSR count). The Morgan fingerprint density at radius 1 is 1.26 bits per heavy atom. The molecule has 2 amide bonds. The van der Waals surface area contributed by atoms with Crippen LogP contribution in [0.1, 0.15) is 45.0 Å². The summed E-state index contributed by atoms with van der Waals surface area (Å²) in [6.45, 7) is 1.80. The van der Waals surface area contributed by atoms with Crippen LogP contribution in [-0.4, -0.2) is 34.6 Å². The van der Waals surface area contributed by atoms with Gasteiger partial charge >= 0.3 is 0 Å². The maximum atomic E-state index is 12.6. The summed E-state index contributed by atoms with van der Waals surface area (Å²) in [5, 5.41) is 6.20. The molecule has 1 aromatic carbocycles. The largest absolute Gasteiger partial charge is 0.355 e. The fourth-order valence-corrected chi connectivity index (χ4v) is 5.83. The molecule has 9 heteroatoms. The fraction of sp³-hybridized carbons (Fsp3) is 0.364. The van der Waals surface area contributed by atoms with E-state index in [1.807, 2.05) is 0 Å². The van der Waals surface area contributed by atoms with Crippen LogP contribution in [0.2, 0.25) is 0 Å². The van der Waals surface area contributed by atoms with Gasteiger partial charge in [0.25, 0.3) is 11.5 Å². The molecule has 1 aliphatic carbocycles. The van der Waals surface area contributed by atoms with E-state index in [9.17, 15) is 14.4 Å². The minimum atomic E-state index is -0.191. The second-order valence-corrected chi connectivity index (χ2v) is 9.57. The Labute approximate surface area is 188 Å². The zero-order valence-corrected chi connectivity index (χ0v) is 19.1. The third-order valence-corrected chi connectivity index (χ3v) is 7.56. The highest BCUT2D eigenvalue weighted by Gasteiger charge is 2.20. The average Bonchev–Trinajstić information content (AvgIpc) is 3.13. The van der Waals surface area contributed by atoms with Gasteiger partial charge < -0.3 is 15.6 Å². The summed E-state index contributed by atoms with van der Waals surface area (Å²) in [7, 11) is 1.57. The molecule has 0 saturated heterocycles. The van der Waals surface area contributed by atoms with Crippen LogP contribution in [-0.2, 0) is 23.4 Å². The Morgan fingerprint density at radius 2 is 2.06 bits per heavy atom. The molecule has 2 aromatic heterocycles. The Hall–Kier alpha value is -2.65. The number of aromatic nitrogens is 2. The molecule has 162 valence electrons. The highest BCUT2D eigenvalue weighted by molar-refractivity contribution is 7.99. The van der Waals surface area contributed by atoms with Gasteiger partial charge in [0.1, 0.15) is 10.7 Å². The lowest BCUT2D eigenvalue weighted by atomic mass is 9.97. The van der Waals surface area contributed by atoms with E-state index in [1.165, 1.54) is 28.6 Å². The molecule has 0 atom stereocenters. The number of H-pyrrole nitrogens is 1. The standard InChI is InChI=1S/C22H24N4O3S2/c1-12-13(20(28)23-2)7-5-8-15(12)24-18(27)11-30-10-17-25-21(29)19-14-6-3-4-9-16(14)31-22(19)26-17/h5,7-8H,3-4,6,9-11H2,1-2H3,(H,23,28)(H,24,27)(H,25,26,29). The van der Waals surface area contributed by atoms with Crippen LogP contribution in [0.3, 0.4) is 0 Å². The number of amides is 2. The van der Waals surface area contributed by atoms with Crippen LogP contribution in [0.25, 0.3) is 10.2 Å². The van der Waals surface area contributed by atoms with Gasteiger partial charge in [-0.25, -0.2) is 4.98 Å². The number of nitrogens with one attached hydrogen (secondary N) is 3. The van der Waals surface area contributed by atoms with Crippen molar-refractivity contribution >= 4 is 50.8 Å². The third kappa shape index (κ3) is 4.52. The molecular weight excluding hydrogens is 432 g/mol. The zero-order valence-electron chi connectivity index (χ0n) is 17.5. The third-order valence-electron chi connectivity index (χ3n) is 5.43. The van der Waals surface area contributed by atoms with Crippen molar-refractivity contribution in [3.63, 3.8) is 0 Å². The number of rotatable bonds is 6. The molecule has 0 saturated carbocycles. The van der Waals surface area contributed by atoms with Crippen LogP contribution in [0, 0.1) is 6.92 Å². The van der Waals surface area contributed by atoms with Crippen LogP contribution in [0.5, 0.6) is 0 Å². The molecule has 0 spiro atoms. The predicted octanol–water partition coefficient (Wildman–Crippen LogP) is 3.40. The van der Waals surface area contributed by atoms with E-state index in [4.69, 9.17) is 0 Å². The van der Waals surface area contributed by atoms with Gasteiger partial charge in [-0.1, -0.05) is 6.07 Å². The zero-order chi connectivity index (χ0) is 22.0. The number of hydrogen-bond acceptors (Lipinski definition) is 6. The molecule has 0 bridgehead atoms. The van der Waals surface area contributed by atoms with Crippen molar-refractivity contribution in [1.29, 1.82) is 0 Å². The van der Waals surface area contributed by atoms with E-state index < -0.39 is 0 Å². The van der Waals surface area contributed by atoms with E-state index in [1.54, 1.807) is 43.5 Å². The molecule has 7 nitrogen and oxygen atoms in total. The first-order chi connectivity index (χ1) is 15.0. The lowest BCUT2D eigenvalue weighted by Gasteiger charge is -2.11. The van der Waals surface area contributed by atoms with E-state index in [0.717, 1.165) is 35.0 Å². The van der Waals surface area contributed by atoms with Crippen molar-refractivity contribution in [2.45, 2.75) is 38.4 Å². The van der Waals surface area contributed by atoms with Crippen molar-refractivity contribution < 1.29 is 9.59 Å². The van der Waals surface area contributed by atoms with E-state index in [2.05, 4.69) is 20.6 Å². The molecule has 0 fully saturated rings. The van der Waals surface area contributed by atoms with Crippen molar-refractivity contribution in [1.82, 2.24) is 15.3 Å². The van der Waals surface area contributed by atoms with Crippen LogP contribution < -0.4 is 16.2 Å². The normalized spacial score (nSPS) is 13.1. The number of anilines is 1. The predicted molar refractivity (Wildman–Crippen MR) is 126 cm³/mol. The van der Waals surface area contributed by atoms with Crippen LogP contribution in [0.15, 0.2) is 23.0 Å². The molecule has 31 heavy (non-hydrogen) atoms. The Kier molecular flexibility index (Phi) is 6.43. The summed E-state index contributed by atoms with van der Waals surface area (Å²) >= 11 is 3.01. The number of fused-ring (bicyclic) bond motifs is 3. The molecule has 3 N–H and O–H groups in total. The van der Waals surface area contributed by atoms with Gasteiger partial charge in [-0.2, -0.15) is 0 Å². The molecule has 2 heterocycles. The highest BCUT2D eigenvalue weighted by atomic mass is 32.2. The Morgan fingerprint density at radius 3 is 2.87 bits per heavy atom. The van der Waals surface area contributed by atoms with Gasteiger partial charge in [0.15, 0.2) is 0 Å². The quantitative estimate of drug-likeness (QED) is 0.527. The highest BCUT2D eigenvalue weighted by Crippen LogP contribution is 2.33. The monoisotopic (exact) mass is 456 g/mol. The van der Waals surface area contributed by atoms with E-state index in [0.29, 0.717) is 22.8 Å². The SMILES string of the molecule is CNC(=O)c1cccc(NC(=O)CSCc2nc3sc4c(c3c(=O)[nH]2)CCCC4)c1C. The number of thioether (sulfide) groups is 1. The van der Waals surface area contributed by atoms with Gasteiger partial charge in [-0.05, 0) is 55.9 Å². The Balaban J connectivity index is 1.39. The summed E-state index contributed by atoms with van der Waals surface area (Å²) in [5.74, 6) is 0.887. The first-order valence-electron chi connectivity index (χ1n) is 10.2. The first-order valence-corrected chi connectivity index (χ1v) is 12.2. The van der Waals surface area contributed by atoms with Crippen molar-refractivity contribution in [3.8, 4) is 0 Å². The van der Waals surface area contributed by atoms with Crippen molar-refractivity contribution in [3.05, 3.63) is 55.9 Å². The van der Waals surface area contributed by atoms with Crippen molar-refractivity contribution in [2.75, 3.05) is 18.1 Å².